The Morgan fingerprint density at radius 1 is 1.55 bits per heavy atom. The van der Waals surface area contributed by atoms with E-state index in [1.807, 2.05) is 0 Å². The summed E-state index contributed by atoms with van der Waals surface area (Å²) < 4.78 is 6.87. The lowest BCUT2D eigenvalue weighted by atomic mass is 10.2. The van der Waals surface area contributed by atoms with Gasteiger partial charge in [-0.15, -0.1) is 0 Å². The Labute approximate surface area is 130 Å². The molecule has 7 nitrogen and oxygen atoms in total. The fourth-order valence-corrected chi connectivity index (χ4v) is 2.21. The van der Waals surface area contributed by atoms with Gasteiger partial charge in [0.15, 0.2) is 10.8 Å². The zero-order valence-electron chi connectivity index (χ0n) is 11.4. The number of aromatic nitrogens is 2. The van der Waals surface area contributed by atoms with Crippen LogP contribution in [0.4, 0.5) is 5.82 Å². The van der Waals surface area contributed by atoms with E-state index in [1.165, 1.54) is 17.0 Å². The van der Waals surface area contributed by atoms with Crippen LogP contribution >= 0.6 is 11.6 Å². The van der Waals surface area contributed by atoms with Gasteiger partial charge in [-0.25, -0.2) is 0 Å². The highest BCUT2D eigenvalue weighted by molar-refractivity contribution is 6.32. The molecule has 114 valence electrons. The standard InChI is InChI=1S/C14H12ClN3O4/c15-12-8-17(16-14(12)18(20)21)7-11-4-3-10(22-11)5-6-13(19)9-1-2-9/h3-6,8-9H,1-2,7H2/b6-5+. The van der Waals surface area contributed by atoms with Crippen LogP contribution in [0.5, 0.6) is 0 Å². The third-order valence-electron chi connectivity index (χ3n) is 3.26. The molecule has 0 N–H and O–H groups in total. The van der Waals surface area contributed by atoms with Crippen molar-refractivity contribution in [3.8, 4) is 0 Å². The maximum atomic E-state index is 11.6. The number of furan rings is 1. The molecule has 0 amide bonds. The summed E-state index contributed by atoms with van der Waals surface area (Å²) in [6.07, 6.45) is 6.45. The number of nitrogens with zero attached hydrogens (tertiary/aromatic N) is 3. The van der Waals surface area contributed by atoms with E-state index >= 15 is 0 Å². The molecule has 0 aromatic carbocycles. The molecular weight excluding hydrogens is 310 g/mol. The quantitative estimate of drug-likeness (QED) is 0.463. The molecule has 1 aliphatic carbocycles. The number of hydrogen-bond donors (Lipinski definition) is 0. The molecule has 0 spiro atoms. The number of halogens is 1. The first-order valence-electron chi connectivity index (χ1n) is 6.71. The van der Waals surface area contributed by atoms with Crippen LogP contribution in [-0.4, -0.2) is 20.5 Å². The van der Waals surface area contributed by atoms with E-state index in [4.69, 9.17) is 16.0 Å². The van der Waals surface area contributed by atoms with Crippen molar-refractivity contribution < 1.29 is 14.1 Å². The maximum absolute atomic E-state index is 11.6. The Hall–Kier alpha value is -2.41. The lowest BCUT2D eigenvalue weighted by Crippen LogP contribution is -2.00. The zero-order valence-corrected chi connectivity index (χ0v) is 12.2. The van der Waals surface area contributed by atoms with E-state index in [0.717, 1.165) is 12.8 Å². The van der Waals surface area contributed by atoms with Crippen LogP contribution in [0.3, 0.4) is 0 Å². The Kier molecular flexibility index (Phi) is 3.81. The van der Waals surface area contributed by atoms with Crippen molar-refractivity contribution in [2.45, 2.75) is 19.4 Å². The molecule has 1 aliphatic rings. The summed E-state index contributed by atoms with van der Waals surface area (Å²) in [6.45, 7) is 0.220. The third-order valence-corrected chi connectivity index (χ3v) is 3.53. The minimum atomic E-state index is -0.640. The minimum absolute atomic E-state index is 0.0216. The van der Waals surface area contributed by atoms with Crippen molar-refractivity contribution in [2.75, 3.05) is 0 Å². The van der Waals surface area contributed by atoms with E-state index < -0.39 is 4.92 Å². The van der Waals surface area contributed by atoms with Crippen LogP contribution in [0, 0.1) is 16.0 Å². The van der Waals surface area contributed by atoms with Gasteiger partial charge in [0, 0.05) is 5.92 Å². The number of carbonyl (C=O) groups excluding carboxylic acids is 1. The Morgan fingerprint density at radius 2 is 2.32 bits per heavy atom. The molecule has 1 fully saturated rings. The molecule has 0 aliphatic heterocycles. The number of hydrogen-bond acceptors (Lipinski definition) is 5. The van der Waals surface area contributed by atoms with Crippen molar-refractivity contribution in [3.63, 3.8) is 0 Å². The van der Waals surface area contributed by atoms with Crippen molar-refractivity contribution in [1.82, 2.24) is 9.78 Å². The molecule has 0 atom stereocenters. The minimum Gasteiger partial charge on any atom is -0.460 e. The molecule has 1 saturated carbocycles. The molecule has 2 heterocycles. The topological polar surface area (TPSA) is 91.2 Å². The number of rotatable bonds is 6. The molecule has 0 unspecified atom stereocenters. The fourth-order valence-electron chi connectivity index (χ4n) is 1.99. The van der Waals surface area contributed by atoms with Crippen molar-refractivity contribution in [3.05, 3.63) is 51.1 Å². The highest BCUT2D eigenvalue weighted by atomic mass is 35.5. The Balaban J connectivity index is 1.67. The lowest BCUT2D eigenvalue weighted by Gasteiger charge is -1.92. The predicted octanol–water partition coefficient (Wildman–Crippen LogP) is 3.08. The largest absolute Gasteiger partial charge is 0.460 e. The monoisotopic (exact) mass is 321 g/mol. The summed E-state index contributed by atoms with van der Waals surface area (Å²) in [6, 6.07) is 3.45. The molecule has 22 heavy (non-hydrogen) atoms. The van der Waals surface area contributed by atoms with E-state index in [2.05, 4.69) is 5.10 Å². The van der Waals surface area contributed by atoms with Crippen molar-refractivity contribution in [2.24, 2.45) is 5.92 Å². The maximum Gasteiger partial charge on any atom is 0.408 e. The van der Waals surface area contributed by atoms with Gasteiger partial charge in [0.05, 0.1) is 11.3 Å². The first-order chi connectivity index (χ1) is 10.5. The van der Waals surface area contributed by atoms with Gasteiger partial charge in [0.25, 0.3) is 0 Å². The molecule has 8 heteroatoms. The van der Waals surface area contributed by atoms with Crippen LogP contribution in [-0.2, 0) is 11.3 Å². The van der Waals surface area contributed by atoms with E-state index in [0.29, 0.717) is 11.5 Å². The molecule has 0 bridgehead atoms. The molecular formula is C14H12ClN3O4. The first kappa shape index (κ1) is 14.5. The Bertz CT molecular complexity index is 758. The summed E-state index contributed by atoms with van der Waals surface area (Å²) >= 11 is 5.73. The lowest BCUT2D eigenvalue weighted by molar-refractivity contribution is -0.389. The molecule has 3 rings (SSSR count). The number of nitro groups is 1. The van der Waals surface area contributed by atoms with Crippen molar-refractivity contribution in [1.29, 1.82) is 0 Å². The van der Waals surface area contributed by atoms with Gasteiger partial charge >= 0.3 is 5.82 Å². The second kappa shape index (κ2) is 5.76. The van der Waals surface area contributed by atoms with Crippen LogP contribution in [0.25, 0.3) is 6.08 Å². The van der Waals surface area contributed by atoms with Crippen LogP contribution < -0.4 is 0 Å². The Morgan fingerprint density at radius 3 is 2.95 bits per heavy atom. The number of ketones is 1. The van der Waals surface area contributed by atoms with Gasteiger partial charge in [0.2, 0.25) is 0 Å². The second-order valence-electron chi connectivity index (χ2n) is 5.07. The van der Waals surface area contributed by atoms with Gasteiger partial charge in [-0.3, -0.25) is 4.79 Å². The molecule has 0 saturated heterocycles. The van der Waals surface area contributed by atoms with Gasteiger partial charge < -0.3 is 14.5 Å². The van der Waals surface area contributed by atoms with E-state index in [1.54, 1.807) is 18.2 Å². The average molecular weight is 322 g/mol. The van der Waals surface area contributed by atoms with Crippen LogP contribution in [0.2, 0.25) is 5.02 Å². The summed E-state index contributed by atoms with van der Waals surface area (Å²) in [5.41, 5.74) is 0. The zero-order chi connectivity index (χ0) is 15.7. The van der Waals surface area contributed by atoms with Crippen LogP contribution in [0.15, 0.2) is 28.8 Å². The van der Waals surface area contributed by atoms with Gasteiger partial charge in [-0.1, -0.05) is 11.6 Å². The number of carbonyl (C=O) groups is 1. The van der Waals surface area contributed by atoms with E-state index in [-0.39, 0.29) is 29.1 Å². The third kappa shape index (κ3) is 3.25. The van der Waals surface area contributed by atoms with Gasteiger partial charge in [-0.05, 0) is 42.0 Å². The summed E-state index contributed by atoms with van der Waals surface area (Å²) in [5, 5.41) is 14.4. The smallest absolute Gasteiger partial charge is 0.408 e. The molecule has 2 aromatic rings. The highest BCUT2D eigenvalue weighted by Crippen LogP contribution is 2.30. The molecule has 2 aromatic heterocycles. The van der Waals surface area contributed by atoms with Gasteiger partial charge in [-0.2, -0.15) is 4.68 Å². The van der Waals surface area contributed by atoms with Gasteiger partial charge in [0.1, 0.15) is 18.1 Å². The fraction of sp³-hybridized carbons (Fsp3) is 0.286. The molecule has 0 radical (unpaired) electrons. The first-order valence-corrected chi connectivity index (χ1v) is 7.08. The van der Waals surface area contributed by atoms with Crippen LogP contribution in [0.1, 0.15) is 24.4 Å². The number of allylic oxidation sites excluding steroid dienone is 1. The second-order valence-corrected chi connectivity index (χ2v) is 5.48. The predicted molar refractivity (Wildman–Crippen MR) is 78.5 cm³/mol. The van der Waals surface area contributed by atoms with E-state index in [9.17, 15) is 14.9 Å². The SMILES string of the molecule is O=C(/C=C/c1ccc(Cn2cc(Cl)c([N+](=O)[O-])n2)o1)C1CC1. The summed E-state index contributed by atoms with van der Waals surface area (Å²) in [7, 11) is 0. The summed E-state index contributed by atoms with van der Waals surface area (Å²) in [4.78, 5) is 21.6. The van der Waals surface area contributed by atoms with Crippen molar-refractivity contribution >= 4 is 29.3 Å². The highest BCUT2D eigenvalue weighted by Gasteiger charge is 2.27. The summed E-state index contributed by atoms with van der Waals surface area (Å²) in [5.74, 6) is 1.03. The average Bonchev–Trinajstić information content (AvgIpc) is 3.13. The normalized spacial score (nSPS) is 14.6.